The van der Waals surface area contributed by atoms with E-state index in [1.165, 1.54) is 22.9 Å². The molecule has 0 radical (unpaired) electrons. The van der Waals surface area contributed by atoms with Gasteiger partial charge in [-0.3, -0.25) is 0 Å². The number of unbranched alkanes of at least 4 members (excludes halogenated alkanes) is 2. The van der Waals surface area contributed by atoms with Crippen molar-refractivity contribution in [3.8, 4) is 0 Å². The van der Waals surface area contributed by atoms with Crippen molar-refractivity contribution >= 4 is 34.2 Å². The van der Waals surface area contributed by atoms with Crippen molar-refractivity contribution in [2.75, 3.05) is 0 Å². The van der Waals surface area contributed by atoms with Crippen molar-refractivity contribution in [3.05, 3.63) is 78.3 Å². The van der Waals surface area contributed by atoms with E-state index in [0.717, 1.165) is 35.9 Å². The van der Waals surface area contributed by atoms with E-state index in [1.54, 1.807) is 0 Å². The predicted molar refractivity (Wildman–Crippen MR) is 104 cm³/mol. The molecule has 0 unspecified atom stereocenters. The van der Waals surface area contributed by atoms with Gasteiger partial charge in [-0.1, -0.05) is 42.5 Å². The number of nitrogens with zero attached hydrogens (tertiary/aromatic N) is 1. The molecule has 0 aliphatic heterocycles. The van der Waals surface area contributed by atoms with Crippen molar-refractivity contribution in [1.82, 2.24) is 9.97 Å². The number of nitrogens with one attached hydrogen (secondary N) is 1. The Morgan fingerprint density at radius 1 is 0.920 bits per heavy atom. The first-order valence-corrected chi connectivity index (χ1v) is 8.62. The van der Waals surface area contributed by atoms with Gasteiger partial charge < -0.3 is 9.40 Å². The quantitative estimate of drug-likeness (QED) is 0.428. The summed E-state index contributed by atoms with van der Waals surface area (Å²) < 4.78 is 5.25. The number of aromatic nitrogens is 2. The number of benzene rings is 2. The SMILES string of the molecule is C(=C\c1ccc2ocnc2c1)/CCC/C=C/c1ccc2cc[nH]c2c1. The molecule has 1 N–H and O–H groups in total. The van der Waals surface area contributed by atoms with Crippen LogP contribution < -0.4 is 0 Å². The Morgan fingerprint density at radius 2 is 1.72 bits per heavy atom. The summed E-state index contributed by atoms with van der Waals surface area (Å²) in [6, 6.07) is 14.7. The van der Waals surface area contributed by atoms with Gasteiger partial charge in [0.25, 0.3) is 0 Å². The van der Waals surface area contributed by atoms with Gasteiger partial charge in [-0.2, -0.15) is 0 Å². The van der Waals surface area contributed by atoms with Gasteiger partial charge in [-0.05, 0) is 60.0 Å². The molecule has 3 nitrogen and oxygen atoms in total. The lowest BCUT2D eigenvalue weighted by atomic mass is 10.1. The number of oxazole rings is 1. The fourth-order valence-electron chi connectivity index (χ4n) is 2.94. The summed E-state index contributed by atoms with van der Waals surface area (Å²) in [6.07, 6.45) is 15.6. The molecule has 2 heterocycles. The summed E-state index contributed by atoms with van der Waals surface area (Å²) >= 11 is 0. The van der Waals surface area contributed by atoms with Crippen LogP contribution in [-0.4, -0.2) is 9.97 Å². The molecule has 0 fully saturated rings. The third-order valence-electron chi connectivity index (χ3n) is 4.30. The smallest absolute Gasteiger partial charge is 0.181 e. The van der Waals surface area contributed by atoms with Crippen molar-refractivity contribution in [2.24, 2.45) is 0 Å². The minimum absolute atomic E-state index is 0.833. The highest BCUT2D eigenvalue weighted by atomic mass is 16.3. The lowest BCUT2D eigenvalue weighted by Crippen LogP contribution is -1.75. The van der Waals surface area contributed by atoms with E-state index in [-0.39, 0.29) is 0 Å². The molecular weight excluding hydrogens is 308 g/mol. The van der Waals surface area contributed by atoms with Gasteiger partial charge >= 0.3 is 0 Å². The fourth-order valence-corrected chi connectivity index (χ4v) is 2.94. The van der Waals surface area contributed by atoms with Crippen LogP contribution in [0.3, 0.4) is 0 Å². The van der Waals surface area contributed by atoms with Crippen LogP contribution in [0.5, 0.6) is 0 Å². The average Bonchev–Trinajstić information content (AvgIpc) is 3.29. The van der Waals surface area contributed by atoms with Gasteiger partial charge in [0, 0.05) is 11.7 Å². The van der Waals surface area contributed by atoms with E-state index in [0.29, 0.717) is 0 Å². The Kier molecular flexibility index (Phi) is 4.46. The van der Waals surface area contributed by atoms with Crippen LogP contribution in [0.15, 0.2) is 71.6 Å². The van der Waals surface area contributed by atoms with E-state index >= 15 is 0 Å². The zero-order valence-electron chi connectivity index (χ0n) is 14.0. The second-order valence-corrected chi connectivity index (χ2v) is 6.14. The summed E-state index contributed by atoms with van der Waals surface area (Å²) in [5.41, 5.74) is 5.33. The molecule has 2 aromatic carbocycles. The minimum atomic E-state index is 0.833. The summed E-state index contributed by atoms with van der Waals surface area (Å²) in [4.78, 5) is 7.43. The Morgan fingerprint density at radius 3 is 2.60 bits per heavy atom. The summed E-state index contributed by atoms with van der Waals surface area (Å²) in [5, 5.41) is 1.26. The lowest BCUT2D eigenvalue weighted by Gasteiger charge is -1.96. The Bertz CT molecular complexity index is 952. The van der Waals surface area contributed by atoms with Gasteiger partial charge in [0.15, 0.2) is 12.0 Å². The maximum atomic E-state index is 5.25. The van der Waals surface area contributed by atoms with Crippen LogP contribution in [-0.2, 0) is 0 Å². The highest BCUT2D eigenvalue weighted by molar-refractivity contribution is 5.81. The standard InChI is InChI=1S/C22H20N2O/c1(2-4-6-17-8-10-19-12-13-23-20(19)14-17)3-5-7-18-9-11-22-21(15-18)24-16-25-22/h4-16,23H,1-3H2/b6-4+,7-5+. The van der Waals surface area contributed by atoms with E-state index in [4.69, 9.17) is 4.42 Å². The number of H-pyrrole nitrogens is 1. The number of aromatic amines is 1. The number of rotatable bonds is 6. The van der Waals surface area contributed by atoms with Gasteiger partial charge in [-0.15, -0.1) is 0 Å². The monoisotopic (exact) mass is 328 g/mol. The molecule has 0 saturated heterocycles. The Hall–Kier alpha value is -3.07. The highest BCUT2D eigenvalue weighted by Crippen LogP contribution is 2.17. The maximum Gasteiger partial charge on any atom is 0.181 e. The number of hydrogen-bond donors (Lipinski definition) is 1. The predicted octanol–water partition coefficient (Wildman–Crippen LogP) is 6.21. The molecule has 4 aromatic rings. The first kappa shape index (κ1) is 15.5. The lowest BCUT2D eigenvalue weighted by molar-refractivity contribution is 0.602. The van der Waals surface area contributed by atoms with Crippen molar-refractivity contribution in [1.29, 1.82) is 0 Å². The first-order chi connectivity index (χ1) is 12.4. The molecule has 0 atom stereocenters. The molecule has 124 valence electrons. The van der Waals surface area contributed by atoms with Gasteiger partial charge in [-0.25, -0.2) is 4.98 Å². The fraction of sp³-hybridized carbons (Fsp3) is 0.136. The molecule has 2 aromatic heterocycles. The summed E-state index contributed by atoms with van der Waals surface area (Å²) in [6.45, 7) is 0. The molecule has 0 aliphatic carbocycles. The summed E-state index contributed by atoms with van der Waals surface area (Å²) in [5.74, 6) is 0. The van der Waals surface area contributed by atoms with E-state index in [9.17, 15) is 0 Å². The van der Waals surface area contributed by atoms with Crippen LogP contribution in [0.1, 0.15) is 30.4 Å². The number of hydrogen-bond acceptors (Lipinski definition) is 2. The van der Waals surface area contributed by atoms with E-state index in [2.05, 4.69) is 64.6 Å². The summed E-state index contributed by atoms with van der Waals surface area (Å²) in [7, 11) is 0. The van der Waals surface area contributed by atoms with Crippen LogP contribution in [0.25, 0.3) is 34.2 Å². The minimum Gasteiger partial charge on any atom is -0.443 e. The van der Waals surface area contributed by atoms with Crippen LogP contribution in [0.4, 0.5) is 0 Å². The molecular formula is C22H20N2O. The van der Waals surface area contributed by atoms with Gasteiger partial charge in [0.05, 0.1) is 0 Å². The third kappa shape index (κ3) is 3.72. The number of fused-ring (bicyclic) bond motifs is 2. The largest absolute Gasteiger partial charge is 0.443 e. The molecule has 0 spiro atoms. The molecule has 0 bridgehead atoms. The molecule has 0 aliphatic rings. The zero-order chi connectivity index (χ0) is 16.9. The third-order valence-corrected chi connectivity index (χ3v) is 4.30. The van der Waals surface area contributed by atoms with Crippen LogP contribution in [0.2, 0.25) is 0 Å². The van der Waals surface area contributed by atoms with Gasteiger partial charge in [0.1, 0.15) is 5.52 Å². The second-order valence-electron chi connectivity index (χ2n) is 6.14. The molecule has 4 rings (SSSR count). The van der Waals surface area contributed by atoms with E-state index < -0.39 is 0 Å². The van der Waals surface area contributed by atoms with Gasteiger partial charge in [0.2, 0.25) is 0 Å². The van der Waals surface area contributed by atoms with Crippen LogP contribution >= 0.6 is 0 Å². The topological polar surface area (TPSA) is 41.8 Å². The molecule has 0 amide bonds. The second kappa shape index (κ2) is 7.22. The van der Waals surface area contributed by atoms with Crippen molar-refractivity contribution < 1.29 is 4.42 Å². The normalized spacial score (nSPS) is 12.2. The average molecular weight is 328 g/mol. The Labute approximate surface area is 146 Å². The molecule has 0 saturated carbocycles. The maximum absolute atomic E-state index is 5.25. The zero-order valence-corrected chi connectivity index (χ0v) is 14.0. The highest BCUT2D eigenvalue weighted by Gasteiger charge is 1.97. The first-order valence-electron chi connectivity index (χ1n) is 8.62. The molecule has 25 heavy (non-hydrogen) atoms. The molecule has 3 heteroatoms. The van der Waals surface area contributed by atoms with Crippen molar-refractivity contribution in [3.63, 3.8) is 0 Å². The van der Waals surface area contributed by atoms with Crippen molar-refractivity contribution in [2.45, 2.75) is 19.3 Å². The van der Waals surface area contributed by atoms with E-state index in [1.807, 2.05) is 18.3 Å². The Balaban J connectivity index is 1.26. The number of allylic oxidation sites excluding steroid dienone is 2. The van der Waals surface area contributed by atoms with Crippen LogP contribution in [0, 0.1) is 0 Å².